The SMILES string of the molecule is C=C/C(C)=C\C=C/C.CC.CC(C)(C)OC(=O)/C=C/c1cccc(OC(N)=O)c1. The van der Waals surface area contributed by atoms with Crippen LogP contribution in [0.2, 0.25) is 0 Å². The maximum absolute atomic E-state index is 11.5. The van der Waals surface area contributed by atoms with Crippen LogP contribution in [0.1, 0.15) is 54.0 Å². The average Bonchev–Trinajstić information content (AvgIpc) is 2.65. The first-order valence-electron chi connectivity index (χ1n) is 9.48. The Balaban J connectivity index is 0. The van der Waals surface area contributed by atoms with Crippen LogP contribution in [-0.4, -0.2) is 17.7 Å². The number of carbonyl (C=O) groups excluding carboxylic acids is 2. The quantitative estimate of drug-likeness (QED) is 0.361. The van der Waals surface area contributed by atoms with Crippen molar-refractivity contribution in [2.45, 2.75) is 54.1 Å². The van der Waals surface area contributed by atoms with Crippen LogP contribution in [0.5, 0.6) is 5.75 Å². The lowest BCUT2D eigenvalue weighted by atomic mass is 10.2. The number of rotatable bonds is 5. The third-order valence-corrected chi connectivity index (χ3v) is 2.77. The van der Waals surface area contributed by atoms with Gasteiger partial charge in [-0.05, 0) is 58.4 Å². The van der Waals surface area contributed by atoms with Gasteiger partial charge in [0.25, 0.3) is 0 Å². The van der Waals surface area contributed by atoms with E-state index in [9.17, 15) is 9.59 Å². The molecule has 2 N–H and O–H groups in total. The maximum Gasteiger partial charge on any atom is 0.409 e. The van der Waals surface area contributed by atoms with Gasteiger partial charge in [-0.3, -0.25) is 0 Å². The summed E-state index contributed by atoms with van der Waals surface area (Å²) in [5.41, 5.74) is 6.28. The van der Waals surface area contributed by atoms with E-state index in [2.05, 4.69) is 6.58 Å². The molecule has 1 aromatic carbocycles. The number of amides is 1. The molecule has 0 aliphatic rings. The van der Waals surface area contributed by atoms with Gasteiger partial charge in [-0.15, -0.1) is 0 Å². The summed E-state index contributed by atoms with van der Waals surface area (Å²) in [4.78, 5) is 22.1. The largest absolute Gasteiger partial charge is 0.457 e. The molecule has 0 saturated heterocycles. The third-order valence-electron chi connectivity index (χ3n) is 2.77. The summed E-state index contributed by atoms with van der Waals surface area (Å²) in [6.45, 7) is 17.0. The second-order valence-corrected chi connectivity index (χ2v) is 6.50. The van der Waals surface area contributed by atoms with Crippen molar-refractivity contribution in [2.75, 3.05) is 0 Å². The van der Waals surface area contributed by atoms with Gasteiger partial charge in [0.1, 0.15) is 11.4 Å². The van der Waals surface area contributed by atoms with Crippen LogP contribution in [0.4, 0.5) is 4.79 Å². The van der Waals surface area contributed by atoms with Gasteiger partial charge in [0.15, 0.2) is 0 Å². The Bertz CT molecular complexity index is 723. The predicted molar refractivity (Wildman–Crippen MR) is 122 cm³/mol. The number of hydrogen-bond acceptors (Lipinski definition) is 4. The van der Waals surface area contributed by atoms with E-state index in [1.165, 1.54) is 11.6 Å². The number of esters is 1. The van der Waals surface area contributed by atoms with Crippen molar-refractivity contribution in [2.24, 2.45) is 5.73 Å². The second-order valence-electron chi connectivity index (χ2n) is 6.50. The first kappa shape index (κ1) is 28.1. The Morgan fingerprint density at radius 3 is 2.28 bits per heavy atom. The first-order valence-corrected chi connectivity index (χ1v) is 9.48. The Labute approximate surface area is 175 Å². The summed E-state index contributed by atoms with van der Waals surface area (Å²) in [7, 11) is 0. The van der Waals surface area contributed by atoms with Gasteiger partial charge >= 0.3 is 12.1 Å². The molecule has 0 aliphatic heterocycles. The van der Waals surface area contributed by atoms with Crippen molar-refractivity contribution in [3.8, 4) is 5.75 Å². The minimum atomic E-state index is -0.881. The molecule has 29 heavy (non-hydrogen) atoms. The van der Waals surface area contributed by atoms with Crippen LogP contribution >= 0.6 is 0 Å². The molecule has 0 spiro atoms. The molecule has 0 fully saturated rings. The summed E-state index contributed by atoms with van der Waals surface area (Å²) in [5, 5.41) is 0. The average molecular weight is 402 g/mol. The standard InChI is InChI=1S/C14H17NO4.C8H12.C2H6/c1-14(2,3)19-12(16)8-7-10-5-4-6-11(9-10)18-13(15)17;1-4-6-7-8(3)5-2;1-2/h4-9H,1-3H3,(H2,15,17);4-7H,2H2,1,3H3;1-2H3/b8-7+;6-4-,8-7-;. The Morgan fingerprint density at radius 1 is 1.17 bits per heavy atom. The highest BCUT2D eigenvalue weighted by atomic mass is 16.6. The van der Waals surface area contributed by atoms with Crippen molar-refractivity contribution < 1.29 is 19.1 Å². The number of nitrogens with two attached hydrogens (primary N) is 1. The number of ether oxygens (including phenoxy) is 2. The number of hydrogen-bond donors (Lipinski definition) is 1. The van der Waals surface area contributed by atoms with E-state index in [1.807, 2.05) is 52.0 Å². The molecule has 5 heteroatoms. The first-order chi connectivity index (χ1) is 13.6. The number of benzene rings is 1. The van der Waals surface area contributed by atoms with Crippen LogP contribution in [0, 0.1) is 0 Å². The normalized spacial score (nSPS) is 11.1. The van der Waals surface area contributed by atoms with Gasteiger partial charge in [-0.25, -0.2) is 9.59 Å². The molecule has 0 aliphatic carbocycles. The lowest BCUT2D eigenvalue weighted by Gasteiger charge is -2.17. The van der Waals surface area contributed by atoms with Crippen LogP contribution < -0.4 is 10.5 Å². The Morgan fingerprint density at radius 2 is 1.79 bits per heavy atom. The molecule has 1 rings (SSSR count). The van der Waals surface area contributed by atoms with Gasteiger partial charge in [0, 0.05) is 6.08 Å². The fraction of sp³-hybridized carbons (Fsp3) is 0.333. The number of carbonyl (C=O) groups is 2. The van der Waals surface area contributed by atoms with E-state index in [-0.39, 0.29) is 0 Å². The summed E-state index contributed by atoms with van der Waals surface area (Å²) in [6.07, 6.45) is 9.85. The van der Waals surface area contributed by atoms with E-state index in [4.69, 9.17) is 15.2 Å². The van der Waals surface area contributed by atoms with Crippen molar-refractivity contribution >= 4 is 18.1 Å². The minimum Gasteiger partial charge on any atom is -0.457 e. The Hall–Kier alpha value is -3.08. The number of primary amides is 1. The van der Waals surface area contributed by atoms with Gasteiger partial charge in [0.2, 0.25) is 0 Å². The van der Waals surface area contributed by atoms with Gasteiger partial charge in [-0.2, -0.15) is 0 Å². The zero-order valence-electron chi connectivity index (χ0n) is 18.7. The van der Waals surface area contributed by atoms with E-state index in [0.29, 0.717) is 11.3 Å². The molecular weight excluding hydrogens is 366 g/mol. The van der Waals surface area contributed by atoms with Gasteiger partial charge < -0.3 is 15.2 Å². The lowest BCUT2D eigenvalue weighted by molar-refractivity contribution is -0.148. The molecule has 0 saturated carbocycles. The monoisotopic (exact) mass is 401 g/mol. The molecule has 1 aromatic rings. The van der Waals surface area contributed by atoms with Crippen molar-refractivity contribution in [3.63, 3.8) is 0 Å². The fourth-order valence-electron chi connectivity index (χ4n) is 1.61. The summed E-state index contributed by atoms with van der Waals surface area (Å²) in [6, 6.07) is 6.63. The molecule has 0 heterocycles. The highest BCUT2D eigenvalue weighted by Crippen LogP contribution is 2.15. The summed E-state index contributed by atoms with van der Waals surface area (Å²) < 4.78 is 9.85. The van der Waals surface area contributed by atoms with Crippen molar-refractivity contribution in [1.29, 1.82) is 0 Å². The zero-order chi connectivity index (χ0) is 22.9. The Kier molecular flexibility index (Phi) is 15.5. The summed E-state index contributed by atoms with van der Waals surface area (Å²) in [5.74, 6) is -0.118. The fourth-order valence-corrected chi connectivity index (χ4v) is 1.61. The van der Waals surface area contributed by atoms with Crippen LogP contribution in [0.3, 0.4) is 0 Å². The van der Waals surface area contributed by atoms with E-state index in [0.717, 1.165) is 0 Å². The zero-order valence-corrected chi connectivity index (χ0v) is 18.7. The molecule has 0 atom stereocenters. The molecule has 160 valence electrons. The van der Waals surface area contributed by atoms with E-state index < -0.39 is 17.7 Å². The van der Waals surface area contributed by atoms with Crippen LogP contribution in [0.15, 0.2) is 66.8 Å². The van der Waals surface area contributed by atoms with Gasteiger partial charge in [-0.1, -0.05) is 62.4 Å². The van der Waals surface area contributed by atoms with Crippen molar-refractivity contribution in [1.82, 2.24) is 0 Å². The lowest BCUT2D eigenvalue weighted by Crippen LogP contribution is -2.22. The van der Waals surface area contributed by atoms with Gasteiger partial charge in [0.05, 0.1) is 0 Å². The molecule has 0 bridgehead atoms. The third kappa shape index (κ3) is 18.1. The molecule has 0 unspecified atom stereocenters. The van der Waals surface area contributed by atoms with Crippen molar-refractivity contribution in [3.05, 3.63) is 72.4 Å². The molecule has 5 nitrogen and oxygen atoms in total. The topological polar surface area (TPSA) is 78.6 Å². The van der Waals surface area contributed by atoms with E-state index >= 15 is 0 Å². The second kappa shape index (κ2) is 15.9. The van der Waals surface area contributed by atoms with Crippen LogP contribution in [-0.2, 0) is 9.53 Å². The van der Waals surface area contributed by atoms with E-state index in [1.54, 1.807) is 51.1 Å². The number of allylic oxidation sites excluding steroid dienone is 5. The molecule has 1 amide bonds. The highest BCUT2D eigenvalue weighted by Gasteiger charge is 2.13. The molecule has 0 radical (unpaired) electrons. The van der Waals surface area contributed by atoms with Crippen LogP contribution in [0.25, 0.3) is 6.08 Å². The summed E-state index contributed by atoms with van der Waals surface area (Å²) >= 11 is 0. The molecule has 0 aromatic heterocycles. The molecular formula is C24H35NO4. The highest BCUT2D eigenvalue weighted by molar-refractivity contribution is 5.87. The smallest absolute Gasteiger partial charge is 0.409 e. The minimum absolute atomic E-state index is 0.318. The predicted octanol–water partition coefficient (Wildman–Crippen LogP) is 6.22. The maximum atomic E-state index is 11.5.